The van der Waals surface area contributed by atoms with E-state index in [9.17, 15) is 0 Å². The molecule has 0 saturated heterocycles. The fourth-order valence-electron chi connectivity index (χ4n) is 0. The van der Waals surface area contributed by atoms with E-state index in [1.165, 1.54) is 6.92 Å². The summed E-state index contributed by atoms with van der Waals surface area (Å²) >= 11 is 0. The average molecular weight is 134 g/mol. The molecule has 4 N–H and O–H groups in total. The van der Waals surface area contributed by atoms with Crippen LogP contribution < -0.4 is 11.5 Å². The second kappa shape index (κ2) is 80.3. The lowest BCUT2D eigenvalue weighted by Gasteiger charge is -1.32. The van der Waals surface area contributed by atoms with Gasteiger partial charge in [0.1, 0.15) is 6.29 Å². The molecule has 0 fully saturated rings. The highest BCUT2D eigenvalue weighted by molar-refractivity contribution is 5.44. The minimum absolute atomic E-state index is 0.250. The molecule has 0 saturated carbocycles. The lowest BCUT2D eigenvalue weighted by atomic mass is 11.0. The smallest absolute Gasteiger partial charge is 0.204 e. The number of nitrogens with two attached hydrogens (primary N) is 2. The van der Waals surface area contributed by atoms with Crippen LogP contribution in [0, 0.1) is 0 Å². The van der Waals surface area contributed by atoms with Crippen molar-refractivity contribution in [3.63, 3.8) is 0 Å². The summed E-state index contributed by atoms with van der Waals surface area (Å²) in [6.45, 7) is 1.44. The number of carbonyl (C=O) groups is 3. The van der Waals surface area contributed by atoms with Gasteiger partial charge in [-0.3, -0.25) is 9.59 Å². The molecule has 0 radical (unpaired) electrons. The summed E-state index contributed by atoms with van der Waals surface area (Å²) < 4.78 is 0. The zero-order valence-electron chi connectivity index (χ0n) is 5.11. The van der Waals surface area contributed by atoms with Crippen LogP contribution in [0.5, 0.6) is 0 Å². The molecule has 0 aromatic heterocycles. The predicted octanol–water partition coefficient (Wildman–Crippen LogP) is -1.59. The van der Waals surface area contributed by atoms with Gasteiger partial charge in [0.05, 0.1) is 0 Å². The Balaban J connectivity index is -0.0000000600. The molecule has 0 spiro atoms. The Morgan fingerprint density at radius 3 is 1.00 bits per heavy atom. The lowest BCUT2D eigenvalue weighted by Crippen LogP contribution is -1.82. The fourth-order valence-corrected chi connectivity index (χ4v) is 0. The lowest BCUT2D eigenvalue weighted by molar-refractivity contribution is -0.107. The number of hydrogen-bond donors (Lipinski definition) is 2. The Bertz CT molecular complexity index is 50.6. The Kier molecular flexibility index (Phi) is 140. The summed E-state index contributed by atoms with van der Waals surface area (Å²) in [6, 6.07) is 0. The van der Waals surface area contributed by atoms with Gasteiger partial charge in [0.15, 0.2) is 0 Å². The zero-order chi connectivity index (χ0) is 8.12. The molecule has 54 valence electrons. The van der Waals surface area contributed by atoms with E-state index in [-0.39, 0.29) is 12.8 Å². The first-order chi connectivity index (χ1) is 4.24. The molecule has 0 aliphatic carbocycles. The van der Waals surface area contributed by atoms with E-state index in [4.69, 9.17) is 14.4 Å². The van der Waals surface area contributed by atoms with E-state index in [0.29, 0.717) is 0 Å². The largest absolute Gasteiger partial charge is 0.372 e. The molecule has 5 heteroatoms. The summed E-state index contributed by atoms with van der Waals surface area (Å²) in [5.74, 6) is 0. The normalized spacial score (nSPS) is 4.11. The maximum Gasteiger partial charge on any atom is 0.204 e. The quantitative estimate of drug-likeness (QED) is 0.390. The molecule has 5 nitrogen and oxygen atoms in total. The van der Waals surface area contributed by atoms with Crippen LogP contribution >= 0.6 is 0 Å². The van der Waals surface area contributed by atoms with Crippen LogP contribution in [0.2, 0.25) is 0 Å². The fraction of sp³-hybridized carbons (Fsp3) is 0.250. The van der Waals surface area contributed by atoms with E-state index in [2.05, 4.69) is 11.5 Å². The van der Waals surface area contributed by atoms with Gasteiger partial charge in [-0.1, -0.05) is 0 Å². The van der Waals surface area contributed by atoms with Crippen LogP contribution in [0.4, 0.5) is 0 Å². The van der Waals surface area contributed by atoms with Crippen molar-refractivity contribution in [3.8, 4) is 0 Å². The van der Waals surface area contributed by atoms with Gasteiger partial charge in [0.25, 0.3) is 0 Å². The van der Waals surface area contributed by atoms with Crippen molar-refractivity contribution in [2.24, 2.45) is 11.5 Å². The van der Waals surface area contributed by atoms with Crippen LogP contribution in [0.1, 0.15) is 6.92 Å². The van der Waals surface area contributed by atoms with E-state index in [1.807, 2.05) is 0 Å². The summed E-state index contributed by atoms with van der Waals surface area (Å²) in [4.78, 5) is 26.0. The molecule has 0 bridgehead atoms. The molecule has 0 unspecified atom stereocenters. The topological polar surface area (TPSA) is 103 Å². The summed E-state index contributed by atoms with van der Waals surface area (Å²) in [5.41, 5.74) is 8.33. The van der Waals surface area contributed by atoms with Gasteiger partial charge >= 0.3 is 0 Å². The van der Waals surface area contributed by atoms with Crippen LogP contribution in [-0.2, 0) is 14.4 Å². The van der Waals surface area contributed by atoms with Crippen molar-refractivity contribution in [2.75, 3.05) is 0 Å². The highest BCUT2D eigenvalue weighted by Crippen LogP contribution is 1.13. The van der Waals surface area contributed by atoms with Gasteiger partial charge in [0.2, 0.25) is 12.8 Å². The predicted molar refractivity (Wildman–Crippen MR) is 32.2 cm³/mol. The Morgan fingerprint density at radius 2 is 1.00 bits per heavy atom. The minimum Gasteiger partial charge on any atom is -0.372 e. The van der Waals surface area contributed by atoms with Gasteiger partial charge in [-0.15, -0.1) is 0 Å². The molecule has 0 aliphatic heterocycles. The van der Waals surface area contributed by atoms with E-state index < -0.39 is 0 Å². The van der Waals surface area contributed by atoms with Crippen molar-refractivity contribution in [1.82, 2.24) is 0 Å². The molecule has 0 aromatic carbocycles. The first-order valence-corrected chi connectivity index (χ1v) is 1.95. The maximum atomic E-state index is 8.81. The Labute approximate surface area is 53.0 Å². The molecule has 0 rings (SSSR count). The third-order valence-electron chi connectivity index (χ3n) is 0. The maximum absolute atomic E-state index is 8.81. The van der Waals surface area contributed by atoms with Gasteiger partial charge in [-0.2, -0.15) is 0 Å². The van der Waals surface area contributed by atoms with E-state index in [1.54, 1.807) is 0 Å². The molecule has 0 aromatic rings. The van der Waals surface area contributed by atoms with Crippen molar-refractivity contribution in [2.45, 2.75) is 6.92 Å². The van der Waals surface area contributed by atoms with Crippen molar-refractivity contribution >= 4 is 19.1 Å². The Morgan fingerprint density at radius 1 is 1.00 bits per heavy atom. The number of carbonyl (C=O) groups excluding carboxylic acids is 3. The van der Waals surface area contributed by atoms with Crippen LogP contribution in [0.25, 0.3) is 0 Å². The van der Waals surface area contributed by atoms with Crippen molar-refractivity contribution < 1.29 is 14.4 Å². The van der Waals surface area contributed by atoms with E-state index >= 15 is 0 Å². The third-order valence-corrected chi connectivity index (χ3v) is 0. The first kappa shape index (κ1) is 15.6. The van der Waals surface area contributed by atoms with Gasteiger partial charge in [-0.25, -0.2) is 0 Å². The van der Waals surface area contributed by atoms with Gasteiger partial charge in [-0.05, 0) is 6.92 Å². The molecule has 0 aliphatic rings. The second-order valence-corrected chi connectivity index (χ2v) is 0.508. The second-order valence-electron chi connectivity index (χ2n) is 0.508. The zero-order valence-corrected chi connectivity index (χ0v) is 5.11. The number of aldehydes is 1. The number of hydrogen-bond acceptors (Lipinski definition) is 3. The van der Waals surface area contributed by atoms with Crippen LogP contribution in [0.3, 0.4) is 0 Å². The Hall–Kier alpha value is -1.39. The molecular weight excluding hydrogens is 124 g/mol. The SMILES string of the molecule is CC=O.NC=O.NC=O. The minimum atomic E-state index is 0.250. The van der Waals surface area contributed by atoms with Crippen LogP contribution in [0.15, 0.2) is 0 Å². The van der Waals surface area contributed by atoms with E-state index in [0.717, 1.165) is 6.29 Å². The first-order valence-electron chi connectivity index (χ1n) is 1.95. The number of amides is 2. The van der Waals surface area contributed by atoms with Gasteiger partial charge in [0, 0.05) is 0 Å². The standard InChI is InChI=1S/C2H4O.2CH3NO/c1-2-3;2*2-1-3/h2H,1H3;2*1H,(H2,2,3). The average Bonchev–Trinajstić information content (AvgIpc) is 1.70. The highest BCUT2D eigenvalue weighted by Gasteiger charge is 1.24. The van der Waals surface area contributed by atoms with Crippen LogP contribution in [-0.4, -0.2) is 19.1 Å². The summed E-state index contributed by atoms with van der Waals surface area (Å²) in [5, 5.41) is 0. The summed E-state index contributed by atoms with van der Waals surface area (Å²) in [6.07, 6.45) is 1.25. The summed E-state index contributed by atoms with van der Waals surface area (Å²) in [7, 11) is 0. The third kappa shape index (κ3) is 72.7. The monoisotopic (exact) mass is 134 g/mol. The molecule has 9 heavy (non-hydrogen) atoms. The van der Waals surface area contributed by atoms with Crippen molar-refractivity contribution in [1.29, 1.82) is 0 Å². The molecule has 0 heterocycles. The molecular formula is C4H10N2O3. The highest BCUT2D eigenvalue weighted by atomic mass is 16.1. The molecule has 2 amide bonds. The van der Waals surface area contributed by atoms with Crippen molar-refractivity contribution in [3.05, 3.63) is 0 Å². The number of primary amides is 2. The number of rotatable bonds is 0. The molecule has 0 atom stereocenters. The van der Waals surface area contributed by atoms with Gasteiger partial charge < -0.3 is 16.3 Å².